The summed E-state index contributed by atoms with van der Waals surface area (Å²) in [5.74, 6) is 0. The van der Waals surface area contributed by atoms with Crippen LogP contribution in [0.5, 0.6) is 0 Å². The molecule has 0 aliphatic carbocycles. The van der Waals surface area contributed by atoms with E-state index in [1.165, 1.54) is 0 Å². The van der Waals surface area contributed by atoms with Crippen LogP contribution in [0.15, 0.2) is 18.2 Å². The fourth-order valence-corrected chi connectivity index (χ4v) is 3.70. The Morgan fingerprint density at radius 2 is 2.13 bits per heavy atom. The smallest absolute Gasteiger partial charge is 0.450 e. The van der Waals surface area contributed by atoms with E-state index >= 15 is 0 Å². The zero-order valence-electron chi connectivity index (χ0n) is 11.7. The van der Waals surface area contributed by atoms with Gasteiger partial charge < -0.3 is 14.6 Å². The monoisotopic (exact) mass is 374 g/mol. The number of carboxylic acid groups (broad SMARTS) is 1. The highest BCUT2D eigenvalue weighted by molar-refractivity contribution is 6.99. The largest absolute Gasteiger partial charge is 0.506 e. The van der Waals surface area contributed by atoms with Gasteiger partial charge in [0.05, 0.1) is 21.8 Å². The predicted octanol–water partition coefficient (Wildman–Crippen LogP) is 4.43. The molecule has 2 aromatic rings. The lowest BCUT2D eigenvalue weighted by Gasteiger charge is -2.21. The van der Waals surface area contributed by atoms with E-state index in [1.807, 2.05) is 0 Å². The highest BCUT2D eigenvalue weighted by Crippen LogP contribution is 2.40. The van der Waals surface area contributed by atoms with E-state index in [0.717, 1.165) is 18.1 Å². The Morgan fingerprint density at radius 1 is 1.39 bits per heavy atom. The summed E-state index contributed by atoms with van der Waals surface area (Å²) in [5, 5.41) is 9.86. The second-order valence-corrected chi connectivity index (χ2v) is 6.29. The molecule has 3 rings (SSSR count). The summed E-state index contributed by atoms with van der Waals surface area (Å²) >= 11 is 13.4. The van der Waals surface area contributed by atoms with Gasteiger partial charge in [-0.1, -0.05) is 29.3 Å². The van der Waals surface area contributed by atoms with Crippen LogP contribution in [0.1, 0.15) is 24.6 Å². The third-order valence-corrected chi connectivity index (χ3v) is 4.69. The molecule has 1 fully saturated rings. The van der Waals surface area contributed by atoms with E-state index in [1.54, 1.807) is 18.2 Å². The minimum atomic E-state index is -1.39. The lowest BCUT2D eigenvalue weighted by Crippen LogP contribution is -2.23. The number of aromatic nitrogens is 2. The molecule has 2 unspecified atom stereocenters. The normalized spacial score (nSPS) is 18.8. The molecule has 2 atom stereocenters. The van der Waals surface area contributed by atoms with Gasteiger partial charge in [-0.3, -0.25) is 0 Å². The van der Waals surface area contributed by atoms with Gasteiger partial charge in [0.2, 0.25) is 0 Å². The predicted molar refractivity (Wildman–Crippen MR) is 86.2 cm³/mol. The first kappa shape index (κ1) is 16.4. The van der Waals surface area contributed by atoms with Crippen molar-refractivity contribution in [1.82, 2.24) is 8.75 Å². The van der Waals surface area contributed by atoms with Gasteiger partial charge >= 0.3 is 6.16 Å². The topological polar surface area (TPSA) is 81.5 Å². The molecule has 1 saturated heterocycles. The Labute approximate surface area is 146 Å². The van der Waals surface area contributed by atoms with Crippen molar-refractivity contribution in [1.29, 1.82) is 0 Å². The number of rotatable bonds is 4. The van der Waals surface area contributed by atoms with E-state index in [9.17, 15) is 4.79 Å². The molecule has 0 amide bonds. The average molecular weight is 375 g/mol. The standard InChI is InChI=1S/C14H12Cl2N2O4S/c15-7-3-1-4-8(16)10(7)11-12(18-23-17-11)13(22-14(19)20)9-5-2-6-21-9/h1,3-4,9,13H,2,5-6H2,(H,19,20). The number of hydrogen-bond donors (Lipinski definition) is 1. The molecule has 0 spiro atoms. The molecule has 1 N–H and O–H groups in total. The Kier molecular flexibility index (Phi) is 5.01. The van der Waals surface area contributed by atoms with E-state index in [2.05, 4.69) is 8.75 Å². The fraction of sp³-hybridized carbons (Fsp3) is 0.357. The second-order valence-electron chi connectivity index (χ2n) is 4.95. The van der Waals surface area contributed by atoms with Crippen LogP contribution in [-0.4, -0.2) is 32.7 Å². The summed E-state index contributed by atoms with van der Waals surface area (Å²) in [4.78, 5) is 11.1. The maximum Gasteiger partial charge on any atom is 0.506 e. The SMILES string of the molecule is O=C(O)OC(c1nsnc1-c1c(Cl)cccc1Cl)C1CCCO1. The minimum Gasteiger partial charge on any atom is -0.450 e. The maximum absolute atomic E-state index is 11.1. The van der Waals surface area contributed by atoms with Gasteiger partial charge in [-0.15, -0.1) is 0 Å². The molecule has 0 radical (unpaired) electrons. The van der Waals surface area contributed by atoms with Crippen LogP contribution >= 0.6 is 34.9 Å². The molecule has 2 heterocycles. The van der Waals surface area contributed by atoms with Crippen molar-refractivity contribution < 1.29 is 19.4 Å². The Hall–Kier alpha value is -1.41. The lowest BCUT2D eigenvalue weighted by molar-refractivity contribution is -0.0333. The molecular formula is C14H12Cl2N2O4S. The lowest BCUT2D eigenvalue weighted by atomic mass is 10.0. The van der Waals surface area contributed by atoms with Gasteiger partial charge in [0, 0.05) is 12.2 Å². The molecule has 1 aliphatic rings. The summed E-state index contributed by atoms with van der Waals surface area (Å²) in [7, 11) is 0. The van der Waals surface area contributed by atoms with Crippen molar-refractivity contribution in [2.24, 2.45) is 0 Å². The number of halogens is 2. The van der Waals surface area contributed by atoms with Crippen LogP contribution < -0.4 is 0 Å². The summed E-state index contributed by atoms with van der Waals surface area (Å²) in [6, 6.07) is 5.09. The average Bonchev–Trinajstić information content (AvgIpc) is 3.16. The van der Waals surface area contributed by atoms with Crippen molar-refractivity contribution in [2.75, 3.05) is 6.61 Å². The Balaban J connectivity index is 2.05. The molecule has 122 valence electrons. The summed E-state index contributed by atoms with van der Waals surface area (Å²) in [6.45, 7) is 0.559. The number of carbonyl (C=O) groups is 1. The first-order chi connectivity index (χ1) is 11.1. The molecular weight excluding hydrogens is 363 g/mol. The molecule has 9 heteroatoms. The van der Waals surface area contributed by atoms with Crippen LogP contribution in [-0.2, 0) is 9.47 Å². The molecule has 23 heavy (non-hydrogen) atoms. The highest BCUT2D eigenvalue weighted by atomic mass is 35.5. The zero-order valence-corrected chi connectivity index (χ0v) is 14.1. The van der Waals surface area contributed by atoms with E-state index in [-0.39, 0.29) is 0 Å². The van der Waals surface area contributed by atoms with E-state index < -0.39 is 18.4 Å². The first-order valence-corrected chi connectivity index (χ1v) is 8.34. The fourth-order valence-electron chi connectivity index (χ4n) is 2.54. The van der Waals surface area contributed by atoms with Crippen molar-refractivity contribution in [3.05, 3.63) is 33.9 Å². The van der Waals surface area contributed by atoms with Gasteiger partial charge in [0.1, 0.15) is 17.5 Å². The Bertz CT molecular complexity index is 698. The van der Waals surface area contributed by atoms with Crippen LogP contribution in [0, 0.1) is 0 Å². The third-order valence-electron chi connectivity index (χ3n) is 3.51. The summed E-state index contributed by atoms with van der Waals surface area (Å²) < 4.78 is 19.1. The number of ether oxygens (including phenoxy) is 2. The Morgan fingerprint density at radius 3 is 2.74 bits per heavy atom. The molecule has 6 nitrogen and oxygen atoms in total. The van der Waals surface area contributed by atoms with Gasteiger partial charge in [-0.25, -0.2) is 4.79 Å². The quantitative estimate of drug-likeness (QED) is 0.797. The third kappa shape index (κ3) is 3.42. The first-order valence-electron chi connectivity index (χ1n) is 6.86. The molecule has 0 saturated carbocycles. The minimum absolute atomic E-state index is 0.374. The number of nitrogens with zero attached hydrogens (tertiary/aromatic N) is 2. The van der Waals surface area contributed by atoms with Crippen LogP contribution in [0.4, 0.5) is 4.79 Å². The summed E-state index contributed by atoms with van der Waals surface area (Å²) in [5.41, 5.74) is 1.31. The van der Waals surface area contributed by atoms with Crippen LogP contribution in [0.3, 0.4) is 0 Å². The molecule has 1 aliphatic heterocycles. The van der Waals surface area contributed by atoms with Crippen molar-refractivity contribution in [2.45, 2.75) is 25.0 Å². The van der Waals surface area contributed by atoms with E-state index in [0.29, 0.717) is 40.0 Å². The number of hydrogen-bond acceptors (Lipinski definition) is 6. The molecule has 0 bridgehead atoms. The van der Waals surface area contributed by atoms with Crippen molar-refractivity contribution in [3.8, 4) is 11.3 Å². The van der Waals surface area contributed by atoms with Gasteiger partial charge in [-0.2, -0.15) is 8.75 Å². The van der Waals surface area contributed by atoms with Crippen molar-refractivity contribution >= 4 is 41.1 Å². The zero-order chi connectivity index (χ0) is 16.4. The number of benzene rings is 1. The second kappa shape index (κ2) is 7.00. The highest BCUT2D eigenvalue weighted by Gasteiger charge is 2.35. The van der Waals surface area contributed by atoms with Crippen molar-refractivity contribution in [3.63, 3.8) is 0 Å². The molecule has 1 aromatic carbocycles. The van der Waals surface area contributed by atoms with E-state index in [4.69, 9.17) is 37.8 Å². The van der Waals surface area contributed by atoms with Gasteiger partial charge in [-0.05, 0) is 25.0 Å². The van der Waals surface area contributed by atoms with Gasteiger partial charge in [0.25, 0.3) is 0 Å². The van der Waals surface area contributed by atoms with Gasteiger partial charge in [0.15, 0.2) is 6.10 Å². The van der Waals surface area contributed by atoms with Crippen LogP contribution in [0.2, 0.25) is 10.0 Å². The maximum atomic E-state index is 11.1. The van der Waals surface area contributed by atoms with Crippen LogP contribution in [0.25, 0.3) is 11.3 Å². The summed E-state index contributed by atoms with van der Waals surface area (Å²) in [6.07, 6.45) is -1.13. The molecule has 1 aromatic heterocycles.